The molecule has 0 bridgehead atoms. The highest BCUT2D eigenvalue weighted by Gasteiger charge is 2.43. The molecule has 0 aliphatic heterocycles. The molecular formula is C42H86O4. The minimum atomic E-state index is -1.08. The molecule has 1 atom stereocenters. The summed E-state index contributed by atoms with van der Waals surface area (Å²) in [5.41, 5.74) is 0. The third kappa shape index (κ3) is 28.8. The fourth-order valence-electron chi connectivity index (χ4n) is 6.27. The van der Waals surface area contributed by atoms with Crippen molar-refractivity contribution in [1.29, 1.82) is 0 Å². The van der Waals surface area contributed by atoms with E-state index in [9.17, 15) is 0 Å². The first-order valence-electron chi connectivity index (χ1n) is 21.2. The Balaban J connectivity index is 5.66. The SMILES string of the molecule is CCCCCCCCOC(CCCCCCCC)C(OCCCCCCCC)(OCCCCCCCC)OCCCCCCCC. The van der Waals surface area contributed by atoms with Crippen LogP contribution < -0.4 is 0 Å². The highest BCUT2D eigenvalue weighted by molar-refractivity contribution is 4.75. The van der Waals surface area contributed by atoms with Gasteiger partial charge < -0.3 is 18.9 Å². The molecule has 0 aromatic carbocycles. The zero-order valence-electron chi connectivity index (χ0n) is 32.5. The first-order chi connectivity index (χ1) is 22.7. The van der Waals surface area contributed by atoms with E-state index in [-0.39, 0.29) is 6.10 Å². The van der Waals surface area contributed by atoms with Crippen LogP contribution in [0.2, 0.25) is 0 Å². The fourth-order valence-corrected chi connectivity index (χ4v) is 6.27. The molecule has 0 heterocycles. The van der Waals surface area contributed by atoms with Gasteiger partial charge >= 0.3 is 5.97 Å². The standard InChI is InChI=1S/C42H86O4/c1-6-11-16-21-26-31-36-41(43-37-32-27-22-17-12-7-2)42(44-38-33-28-23-18-13-8-3,45-39-34-29-24-19-14-9-4)46-40-35-30-25-20-15-10-5/h41H,6-40H2,1-5H3. The van der Waals surface area contributed by atoms with Crippen LogP contribution in [0.4, 0.5) is 0 Å². The lowest BCUT2D eigenvalue weighted by Gasteiger charge is -2.39. The summed E-state index contributed by atoms with van der Waals surface area (Å²) >= 11 is 0. The smallest absolute Gasteiger partial charge is 0.310 e. The summed E-state index contributed by atoms with van der Waals surface area (Å²) < 4.78 is 27.3. The van der Waals surface area contributed by atoms with E-state index in [1.165, 1.54) is 161 Å². The molecule has 46 heavy (non-hydrogen) atoms. The van der Waals surface area contributed by atoms with Crippen LogP contribution in [-0.4, -0.2) is 38.5 Å². The number of ether oxygens (including phenoxy) is 4. The number of unbranched alkanes of at least 4 members (excludes halogenated alkanes) is 25. The van der Waals surface area contributed by atoms with E-state index in [0.29, 0.717) is 19.8 Å². The fraction of sp³-hybridized carbons (Fsp3) is 1.00. The van der Waals surface area contributed by atoms with Gasteiger partial charge in [0.25, 0.3) is 0 Å². The molecule has 0 amide bonds. The highest BCUT2D eigenvalue weighted by atomic mass is 16.9. The van der Waals surface area contributed by atoms with Gasteiger partial charge in [0.15, 0.2) is 0 Å². The van der Waals surface area contributed by atoms with Crippen LogP contribution >= 0.6 is 0 Å². The van der Waals surface area contributed by atoms with Crippen LogP contribution in [-0.2, 0) is 18.9 Å². The summed E-state index contributed by atoms with van der Waals surface area (Å²) in [5, 5.41) is 0. The Morgan fingerprint density at radius 1 is 0.304 bits per heavy atom. The second-order valence-electron chi connectivity index (χ2n) is 14.1. The van der Waals surface area contributed by atoms with Crippen LogP contribution in [0.5, 0.6) is 0 Å². The highest BCUT2D eigenvalue weighted by Crippen LogP contribution is 2.30. The molecule has 0 aliphatic rings. The van der Waals surface area contributed by atoms with Crippen molar-refractivity contribution in [3.05, 3.63) is 0 Å². The molecule has 4 nitrogen and oxygen atoms in total. The van der Waals surface area contributed by atoms with E-state index in [1.54, 1.807) is 0 Å². The zero-order chi connectivity index (χ0) is 33.7. The Kier molecular flexibility index (Phi) is 37.5. The minimum Gasteiger partial charge on any atom is -0.370 e. The third-order valence-electron chi connectivity index (χ3n) is 9.43. The van der Waals surface area contributed by atoms with Gasteiger partial charge in [0.2, 0.25) is 0 Å². The molecule has 0 saturated carbocycles. The zero-order valence-corrected chi connectivity index (χ0v) is 32.5. The molecule has 0 aliphatic carbocycles. The Bertz CT molecular complexity index is 508. The minimum absolute atomic E-state index is 0.172. The van der Waals surface area contributed by atoms with Gasteiger partial charge in [-0.1, -0.05) is 202 Å². The molecule has 278 valence electrons. The van der Waals surface area contributed by atoms with E-state index < -0.39 is 5.97 Å². The van der Waals surface area contributed by atoms with Crippen LogP contribution in [0.15, 0.2) is 0 Å². The average Bonchev–Trinajstić information content (AvgIpc) is 3.06. The van der Waals surface area contributed by atoms with E-state index in [2.05, 4.69) is 34.6 Å². The first-order valence-corrected chi connectivity index (χ1v) is 21.2. The molecule has 0 aromatic heterocycles. The van der Waals surface area contributed by atoms with Crippen molar-refractivity contribution >= 4 is 0 Å². The Morgan fingerprint density at radius 2 is 0.565 bits per heavy atom. The van der Waals surface area contributed by atoms with Crippen LogP contribution in [0.1, 0.15) is 234 Å². The summed E-state index contributed by atoms with van der Waals surface area (Å²) in [4.78, 5) is 0. The van der Waals surface area contributed by atoms with Crippen molar-refractivity contribution in [2.75, 3.05) is 26.4 Å². The molecule has 0 aromatic rings. The summed E-state index contributed by atoms with van der Waals surface area (Å²) in [7, 11) is 0. The van der Waals surface area contributed by atoms with Crippen LogP contribution in [0, 0.1) is 0 Å². The summed E-state index contributed by atoms with van der Waals surface area (Å²) in [6.07, 6.45) is 38.6. The van der Waals surface area contributed by atoms with Crippen molar-refractivity contribution < 1.29 is 18.9 Å². The molecule has 0 saturated heterocycles. The van der Waals surface area contributed by atoms with Gasteiger partial charge in [-0.2, -0.15) is 0 Å². The maximum Gasteiger partial charge on any atom is 0.310 e. The molecule has 1 unspecified atom stereocenters. The van der Waals surface area contributed by atoms with Gasteiger partial charge in [0, 0.05) is 6.61 Å². The van der Waals surface area contributed by atoms with Crippen molar-refractivity contribution in [3.63, 3.8) is 0 Å². The molecule has 0 spiro atoms. The van der Waals surface area contributed by atoms with Crippen LogP contribution in [0.25, 0.3) is 0 Å². The van der Waals surface area contributed by atoms with E-state index in [0.717, 1.165) is 45.1 Å². The largest absolute Gasteiger partial charge is 0.370 e. The molecular weight excluding hydrogens is 568 g/mol. The lowest BCUT2D eigenvalue weighted by molar-refractivity contribution is -0.419. The van der Waals surface area contributed by atoms with Gasteiger partial charge in [-0.3, -0.25) is 0 Å². The number of hydrogen-bond acceptors (Lipinski definition) is 4. The second kappa shape index (κ2) is 37.7. The van der Waals surface area contributed by atoms with Crippen molar-refractivity contribution in [2.24, 2.45) is 0 Å². The third-order valence-corrected chi connectivity index (χ3v) is 9.43. The summed E-state index contributed by atoms with van der Waals surface area (Å²) in [5.74, 6) is -1.08. The lowest BCUT2D eigenvalue weighted by atomic mass is 10.1. The second-order valence-corrected chi connectivity index (χ2v) is 14.1. The molecule has 0 N–H and O–H groups in total. The monoisotopic (exact) mass is 655 g/mol. The molecule has 0 fully saturated rings. The van der Waals surface area contributed by atoms with E-state index in [4.69, 9.17) is 18.9 Å². The lowest BCUT2D eigenvalue weighted by Crippen LogP contribution is -2.52. The van der Waals surface area contributed by atoms with Crippen molar-refractivity contribution in [2.45, 2.75) is 246 Å². The molecule has 4 heteroatoms. The van der Waals surface area contributed by atoms with Crippen molar-refractivity contribution in [1.82, 2.24) is 0 Å². The number of rotatable bonds is 40. The quantitative estimate of drug-likeness (QED) is 0.0487. The van der Waals surface area contributed by atoms with Crippen molar-refractivity contribution in [3.8, 4) is 0 Å². The van der Waals surface area contributed by atoms with Gasteiger partial charge in [-0.05, 0) is 32.1 Å². The summed E-state index contributed by atoms with van der Waals surface area (Å²) in [6, 6.07) is 0. The Morgan fingerprint density at radius 3 is 0.891 bits per heavy atom. The Hall–Kier alpha value is -0.160. The normalized spacial score (nSPS) is 12.7. The van der Waals surface area contributed by atoms with E-state index in [1.807, 2.05) is 0 Å². The van der Waals surface area contributed by atoms with Crippen LogP contribution in [0.3, 0.4) is 0 Å². The van der Waals surface area contributed by atoms with Gasteiger partial charge in [-0.25, -0.2) is 0 Å². The van der Waals surface area contributed by atoms with Gasteiger partial charge in [0.1, 0.15) is 6.10 Å². The van der Waals surface area contributed by atoms with Gasteiger partial charge in [-0.15, -0.1) is 0 Å². The van der Waals surface area contributed by atoms with Gasteiger partial charge in [0.05, 0.1) is 19.8 Å². The first kappa shape index (κ1) is 45.8. The topological polar surface area (TPSA) is 36.9 Å². The number of hydrogen-bond donors (Lipinski definition) is 0. The maximum atomic E-state index is 6.82. The molecule has 0 radical (unpaired) electrons. The predicted molar refractivity (Wildman–Crippen MR) is 202 cm³/mol. The van der Waals surface area contributed by atoms with E-state index >= 15 is 0 Å². The summed E-state index contributed by atoms with van der Waals surface area (Å²) in [6.45, 7) is 14.3. The average molecular weight is 655 g/mol. The predicted octanol–water partition coefficient (Wildman–Crippen LogP) is 14.3. The maximum absolute atomic E-state index is 6.82. The molecule has 0 rings (SSSR count). The Labute approximate surface area is 290 Å².